The fraction of sp³-hybridized carbons (Fsp3) is 0.458. The Morgan fingerprint density at radius 3 is 2.59 bits per heavy atom. The van der Waals surface area contributed by atoms with E-state index in [9.17, 15) is 0 Å². The second-order valence-corrected chi connectivity index (χ2v) is 9.36. The van der Waals surface area contributed by atoms with Crippen molar-refractivity contribution in [3.8, 4) is 0 Å². The molecule has 0 amide bonds. The third-order valence-electron chi connectivity index (χ3n) is 5.43. The minimum atomic E-state index is -0.253. The van der Waals surface area contributed by atoms with Gasteiger partial charge in [0.2, 0.25) is 0 Å². The highest BCUT2D eigenvalue weighted by Crippen LogP contribution is 2.36. The maximum Gasteiger partial charge on any atom is 0.190 e. The van der Waals surface area contributed by atoms with Crippen molar-refractivity contribution in [1.29, 1.82) is 0 Å². The Bertz CT molecular complexity index is 896. The summed E-state index contributed by atoms with van der Waals surface area (Å²) in [5.41, 5.74) is 5.50. The molecule has 0 radical (unpaired) electrons. The van der Waals surface area contributed by atoms with Gasteiger partial charge in [-0.3, -0.25) is 9.88 Å². The summed E-state index contributed by atoms with van der Waals surface area (Å²) in [5, 5.41) is 4.24. The number of fused-ring (bicyclic) bond motifs is 1. The van der Waals surface area contributed by atoms with Crippen LogP contribution >= 0.6 is 11.6 Å². The third-order valence-corrected chi connectivity index (χ3v) is 5.87. The average Bonchev–Trinajstić information content (AvgIpc) is 2.62. The Hall–Kier alpha value is -2.04. The van der Waals surface area contributed by atoms with Crippen molar-refractivity contribution in [1.82, 2.24) is 9.88 Å². The van der Waals surface area contributed by atoms with Crippen LogP contribution < -0.4 is 5.32 Å². The molecule has 2 aromatic rings. The topological polar surface area (TPSA) is 37.4 Å². The second-order valence-electron chi connectivity index (χ2n) is 8.98. The first-order chi connectivity index (χ1) is 13.9. The number of halogens is 1. The lowest BCUT2D eigenvalue weighted by atomic mass is 9.92. The third kappa shape index (κ3) is 4.93. The molecule has 1 N–H and O–H groups in total. The maximum absolute atomic E-state index is 6.82. The molecule has 4 rings (SSSR count). The number of benzene rings is 1. The number of nitrogens with zero attached hydrogens (tertiary/aromatic N) is 2. The molecule has 154 valence electrons. The predicted octanol–water partition coefficient (Wildman–Crippen LogP) is 5.92. The summed E-state index contributed by atoms with van der Waals surface area (Å²) in [7, 11) is 0. The van der Waals surface area contributed by atoms with Crippen LogP contribution in [0.15, 0.2) is 48.0 Å². The first-order valence-corrected chi connectivity index (χ1v) is 10.9. The molecule has 0 atom stereocenters. The average molecular weight is 412 g/mol. The molecule has 0 unspecified atom stereocenters. The lowest BCUT2D eigenvalue weighted by molar-refractivity contribution is 0.0514. The summed E-state index contributed by atoms with van der Waals surface area (Å²) in [6.07, 6.45) is 6.17. The molecular weight excluding hydrogens is 382 g/mol. The van der Waals surface area contributed by atoms with Gasteiger partial charge in [-0.2, -0.15) is 0 Å². The fourth-order valence-corrected chi connectivity index (χ4v) is 4.08. The number of nitrogens with one attached hydrogen (secondary N) is 1. The van der Waals surface area contributed by atoms with E-state index in [0.717, 1.165) is 66.7 Å². The highest BCUT2D eigenvalue weighted by molar-refractivity contribution is 6.34. The maximum atomic E-state index is 6.82. The Kier molecular flexibility index (Phi) is 5.84. The minimum Gasteiger partial charge on any atom is -0.473 e. The number of allylic oxidation sites excluding steroid dienone is 1. The zero-order valence-electron chi connectivity index (χ0n) is 17.6. The Labute approximate surface area is 178 Å². The van der Waals surface area contributed by atoms with Crippen LogP contribution in [0.2, 0.25) is 5.02 Å². The molecular formula is C24H30ClN3O. The van der Waals surface area contributed by atoms with Crippen LogP contribution in [-0.4, -0.2) is 22.0 Å². The molecule has 29 heavy (non-hydrogen) atoms. The van der Waals surface area contributed by atoms with E-state index in [2.05, 4.69) is 61.3 Å². The van der Waals surface area contributed by atoms with E-state index < -0.39 is 0 Å². The minimum absolute atomic E-state index is 0.253. The number of anilines is 1. The zero-order chi connectivity index (χ0) is 20.4. The number of aromatic nitrogens is 1. The van der Waals surface area contributed by atoms with E-state index in [1.807, 2.05) is 6.20 Å². The number of ether oxygens (including phenoxy) is 1. The van der Waals surface area contributed by atoms with Gasteiger partial charge in [0.15, 0.2) is 5.88 Å². The molecule has 2 aliphatic rings. The molecule has 0 bridgehead atoms. The number of pyridine rings is 1. The van der Waals surface area contributed by atoms with Crippen molar-refractivity contribution in [2.75, 3.05) is 11.9 Å². The van der Waals surface area contributed by atoms with Crippen molar-refractivity contribution < 1.29 is 4.74 Å². The summed E-state index contributed by atoms with van der Waals surface area (Å²) in [6, 6.07) is 10.6. The van der Waals surface area contributed by atoms with Crippen LogP contribution in [0.4, 0.5) is 5.69 Å². The molecule has 1 aromatic heterocycles. The molecule has 0 saturated heterocycles. The number of hydrogen-bond donors (Lipinski definition) is 1. The Morgan fingerprint density at radius 2 is 1.93 bits per heavy atom. The molecule has 0 spiro atoms. The molecule has 1 aliphatic carbocycles. The lowest BCUT2D eigenvalue weighted by Crippen LogP contribution is -2.31. The van der Waals surface area contributed by atoms with E-state index in [1.54, 1.807) is 0 Å². The number of hydrogen-bond acceptors (Lipinski definition) is 4. The van der Waals surface area contributed by atoms with Crippen LogP contribution in [0.25, 0.3) is 0 Å². The monoisotopic (exact) mass is 411 g/mol. The van der Waals surface area contributed by atoms with Crippen LogP contribution in [0.1, 0.15) is 56.9 Å². The molecule has 2 heterocycles. The largest absolute Gasteiger partial charge is 0.473 e. The van der Waals surface area contributed by atoms with Crippen molar-refractivity contribution in [3.63, 3.8) is 0 Å². The molecule has 1 aromatic carbocycles. The zero-order valence-corrected chi connectivity index (χ0v) is 18.4. The van der Waals surface area contributed by atoms with E-state index >= 15 is 0 Å². The molecule has 1 aliphatic heterocycles. The van der Waals surface area contributed by atoms with Gasteiger partial charge in [-0.25, -0.2) is 0 Å². The molecule has 1 fully saturated rings. The number of rotatable bonds is 5. The highest BCUT2D eigenvalue weighted by Gasteiger charge is 2.25. The van der Waals surface area contributed by atoms with Gasteiger partial charge in [-0.1, -0.05) is 41.9 Å². The van der Waals surface area contributed by atoms with Crippen LogP contribution in [0, 0.1) is 0 Å². The van der Waals surface area contributed by atoms with E-state index in [0.29, 0.717) is 0 Å². The van der Waals surface area contributed by atoms with Crippen molar-refractivity contribution in [3.05, 3.63) is 69.8 Å². The van der Waals surface area contributed by atoms with Gasteiger partial charge in [0.05, 0.1) is 22.6 Å². The fourth-order valence-electron chi connectivity index (χ4n) is 3.78. The quantitative estimate of drug-likeness (QED) is 0.620. The lowest BCUT2D eigenvalue weighted by Gasteiger charge is -2.31. The van der Waals surface area contributed by atoms with Gasteiger partial charge >= 0.3 is 0 Å². The van der Waals surface area contributed by atoms with Gasteiger partial charge in [-0.15, -0.1) is 0 Å². The predicted molar refractivity (Wildman–Crippen MR) is 119 cm³/mol. The van der Waals surface area contributed by atoms with Crippen LogP contribution in [0.3, 0.4) is 0 Å². The smallest absolute Gasteiger partial charge is 0.190 e. The van der Waals surface area contributed by atoms with Crippen molar-refractivity contribution in [2.45, 2.75) is 65.1 Å². The first kappa shape index (κ1) is 20.2. The highest BCUT2D eigenvalue weighted by atomic mass is 35.5. The molecule has 5 heteroatoms. The van der Waals surface area contributed by atoms with Gasteiger partial charge in [0.25, 0.3) is 0 Å². The van der Waals surface area contributed by atoms with E-state index in [4.69, 9.17) is 21.3 Å². The first-order valence-electron chi connectivity index (χ1n) is 10.5. The van der Waals surface area contributed by atoms with Gasteiger partial charge in [0.1, 0.15) is 5.60 Å². The SMILES string of the molecule is CC(C)(C)OC(Nc1cnc2c(c1Cl)CCN(Cc1ccccc1)C2)=C1CCC1. The van der Waals surface area contributed by atoms with Gasteiger partial charge in [-0.05, 0) is 63.2 Å². The molecule has 1 saturated carbocycles. The van der Waals surface area contributed by atoms with Crippen molar-refractivity contribution in [2.24, 2.45) is 0 Å². The van der Waals surface area contributed by atoms with E-state index in [-0.39, 0.29) is 5.60 Å². The van der Waals surface area contributed by atoms with Crippen molar-refractivity contribution >= 4 is 17.3 Å². The summed E-state index contributed by atoms with van der Waals surface area (Å²) < 4.78 is 6.20. The standard InChI is InChI=1S/C24H30ClN3O/c1-24(2,3)29-23(18-10-7-11-18)27-20-14-26-21-16-28(13-12-19(21)22(20)25)15-17-8-5-4-6-9-17/h4-6,8-9,14,27H,7,10-13,15-16H2,1-3H3. The van der Waals surface area contributed by atoms with Gasteiger partial charge in [0, 0.05) is 19.6 Å². The molecule has 4 nitrogen and oxygen atoms in total. The van der Waals surface area contributed by atoms with Crippen LogP contribution in [0.5, 0.6) is 0 Å². The summed E-state index contributed by atoms with van der Waals surface area (Å²) in [6.45, 7) is 8.97. The van der Waals surface area contributed by atoms with Gasteiger partial charge < -0.3 is 10.1 Å². The normalized spacial score (nSPS) is 16.8. The second kappa shape index (κ2) is 8.37. The summed E-state index contributed by atoms with van der Waals surface area (Å²) >= 11 is 6.82. The van der Waals surface area contributed by atoms with Crippen LogP contribution in [-0.2, 0) is 24.2 Å². The Morgan fingerprint density at radius 1 is 1.17 bits per heavy atom. The van der Waals surface area contributed by atoms with E-state index in [1.165, 1.54) is 17.6 Å². The summed E-state index contributed by atoms with van der Waals surface area (Å²) in [5.74, 6) is 0.855. The Balaban J connectivity index is 1.50. The summed E-state index contributed by atoms with van der Waals surface area (Å²) in [4.78, 5) is 7.19.